The lowest BCUT2D eigenvalue weighted by Crippen LogP contribution is -2.31. The first-order valence-corrected chi connectivity index (χ1v) is 17.6. The smallest absolute Gasteiger partial charge is 0.224 e. The summed E-state index contributed by atoms with van der Waals surface area (Å²) in [6.07, 6.45) is 4.28. The van der Waals surface area contributed by atoms with Crippen LogP contribution >= 0.6 is 11.8 Å². The summed E-state index contributed by atoms with van der Waals surface area (Å²) in [5.74, 6) is 0.774. The van der Waals surface area contributed by atoms with Gasteiger partial charge in [0.25, 0.3) is 0 Å². The molecule has 8 nitrogen and oxygen atoms in total. The van der Waals surface area contributed by atoms with Gasteiger partial charge in [-0.25, -0.2) is 0 Å². The van der Waals surface area contributed by atoms with E-state index in [0.717, 1.165) is 60.1 Å². The van der Waals surface area contributed by atoms with Crippen molar-refractivity contribution in [3.8, 4) is 0 Å². The van der Waals surface area contributed by atoms with Gasteiger partial charge >= 0.3 is 0 Å². The first kappa shape index (κ1) is 35.2. The Bertz CT molecular complexity index is 1580. The molecule has 1 saturated heterocycles. The molecule has 0 aromatic heterocycles. The highest BCUT2D eigenvalue weighted by Crippen LogP contribution is 2.39. The number of carbonyl (C=O) groups is 2. The Hall–Kier alpha value is -4.15. The SMILES string of the molecule is Nc1ccccc1NC(=O)CCCCCCC(=O)NCc1ccc([C@H]2O[C@@H](CSc3ccccc3)C[C@@H](c3ccc(CO)cc3)O2)cc1. The van der Waals surface area contributed by atoms with E-state index in [1.54, 1.807) is 23.9 Å². The predicted octanol–water partition coefficient (Wildman–Crippen LogP) is 7.69. The zero-order valence-corrected chi connectivity index (χ0v) is 28.0. The lowest BCUT2D eigenvalue weighted by Gasteiger charge is -2.36. The van der Waals surface area contributed by atoms with Crippen LogP contribution in [0.3, 0.4) is 0 Å². The molecule has 0 aliphatic carbocycles. The number of ether oxygens (including phenoxy) is 2. The zero-order chi connectivity index (χ0) is 33.6. The second kappa shape index (κ2) is 18.4. The number of amides is 2. The van der Waals surface area contributed by atoms with Crippen LogP contribution < -0.4 is 16.4 Å². The number of hydrogen-bond acceptors (Lipinski definition) is 7. The van der Waals surface area contributed by atoms with Crippen LogP contribution in [0.4, 0.5) is 11.4 Å². The van der Waals surface area contributed by atoms with Crippen molar-refractivity contribution in [1.29, 1.82) is 0 Å². The molecular weight excluding hydrogens is 623 g/mol. The minimum Gasteiger partial charge on any atom is -0.397 e. The van der Waals surface area contributed by atoms with Crippen LogP contribution in [0.25, 0.3) is 0 Å². The Morgan fingerprint density at radius 3 is 2.10 bits per heavy atom. The minimum atomic E-state index is -0.520. The van der Waals surface area contributed by atoms with Gasteiger partial charge in [-0.15, -0.1) is 11.8 Å². The number of carbonyl (C=O) groups excluding carboxylic acids is 2. The summed E-state index contributed by atoms with van der Waals surface area (Å²) in [6, 6.07) is 33.5. The summed E-state index contributed by atoms with van der Waals surface area (Å²) in [5.41, 5.74) is 10.9. The Kier molecular flexibility index (Phi) is 13.5. The third-order valence-corrected chi connectivity index (χ3v) is 9.47. The van der Waals surface area contributed by atoms with Crippen LogP contribution in [-0.4, -0.2) is 28.8 Å². The molecule has 0 bridgehead atoms. The highest BCUT2D eigenvalue weighted by molar-refractivity contribution is 7.99. The molecule has 4 aromatic carbocycles. The first-order chi connectivity index (χ1) is 23.5. The van der Waals surface area contributed by atoms with Crippen molar-refractivity contribution < 1.29 is 24.2 Å². The number of aliphatic hydroxyl groups excluding tert-OH is 1. The number of nitrogen functional groups attached to an aromatic ring is 1. The van der Waals surface area contributed by atoms with E-state index in [-0.39, 0.29) is 30.6 Å². The van der Waals surface area contributed by atoms with Crippen molar-refractivity contribution in [2.45, 2.75) is 81.5 Å². The molecule has 4 aromatic rings. The number of nitrogens with one attached hydrogen (secondary N) is 2. The minimum absolute atomic E-state index is 0.00860. The van der Waals surface area contributed by atoms with Gasteiger partial charge in [-0.3, -0.25) is 9.59 Å². The Morgan fingerprint density at radius 1 is 0.750 bits per heavy atom. The van der Waals surface area contributed by atoms with E-state index in [9.17, 15) is 14.7 Å². The number of thioether (sulfide) groups is 1. The number of unbranched alkanes of at least 4 members (excludes halogenated alkanes) is 3. The van der Waals surface area contributed by atoms with Crippen LogP contribution in [0, 0.1) is 0 Å². The number of para-hydroxylation sites is 2. The third kappa shape index (κ3) is 11.0. The van der Waals surface area contributed by atoms with Gasteiger partial charge in [-0.05, 0) is 53.8 Å². The molecule has 0 spiro atoms. The second-order valence-corrected chi connectivity index (χ2v) is 13.1. The molecule has 0 saturated carbocycles. The molecule has 1 heterocycles. The summed E-state index contributed by atoms with van der Waals surface area (Å²) in [4.78, 5) is 25.8. The number of benzene rings is 4. The average molecular weight is 668 g/mol. The van der Waals surface area contributed by atoms with E-state index < -0.39 is 6.29 Å². The fourth-order valence-electron chi connectivity index (χ4n) is 5.56. The van der Waals surface area contributed by atoms with Crippen molar-refractivity contribution in [3.63, 3.8) is 0 Å². The maximum Gasteiger partial charge on any atom is 0.224 e. The van der Waals surface area contributed by atoms with Crippen LogP contribution in [0.1, 0.15) is 79.6 Å². The van der Waals surface area contributed by atoms with E-state index in [1.807, 2.05) is 78.9 Å². The summed E-state index contributed by atoms with van der Waals surface area (Å²) in [7, 11) is 0. The topological polar surface area (TPSA) is 123 Å². The molecule has 3 atom stereocenters. The molecule has 5 N–H and O–H groups in total. The van der Waals surface area contributed by atoms with Gasteiger partial charge in [0, 0.05) is 42.0 Å². The maximum absolute atomic E-state index is 12.5. The van der Waals surface area contributed by atoms with E-state index in [1.165, 1.54) is 4.90 Å². The summed E-state index contributed by atoms with van der Waals surface area (Å²) < 4.78 is 12.9. The number of aliphatic hydroxyl groups is 1. The number of rotatable bonds is 16. The molecule has 1 fully saturated rings. The molecule has 1 aliphatic heterocycles. The monoisotopic (exact) mass is 667 g/mol. The molecular formula is C39H45N3O5S. The van der Waals surface area contributed by atoms with E-state index in [4.69, 9.17) is 15.2 Å². The fourth-order valence-corrected chi connectivity index (χ4v) is 6.50. The van der Waals surface area contributed by atoms with Gasteiger partial charge in [0.15, 0.2) is 6.29 Å². The van der Waals surface area contributed by atoms with Crippen LogP contribution in [0.2, 0.25) is 0 Å². The Balaban J connectivity index is 1.05. The highest BCUT2D eigenvalue weighted by Gasteiger charge is 2.32. The zero-order valence-electron chi connectivity index (χ0n) is 27.2. The maximum atomic E-state index is 12.5. The third-order valence-electron chi connectivity index (χ3n) is 8.33. The Morgan fingerprint density at radius 2 is 1.40 bits per heavy atom. The number of hydrogen-bond donors (Lipinski definition) is 4. The predicted molar refractivity (Wildman–Crippen MR) is 191 cm³/mol. The molecule has 1 aliphatic rings. The molecule has 0 radical (unpaired) electrons. The van der Waals surface area contributed by atoms with Crippen molar-refractivity contribution in [3.05, 3.63) is 125 Å². The summed E-state index contributed by atoms with van der Waals surface area (Å²) in [5, 5.41) is 15.3. The van der Waals surface area contributed by atoms with Gasteiger partial charge in [0.05, 0.1) is 30.2 Å². The van der Waals surface area contributed by atoms with Gasteiger partial charge in [-0.2, -0.15) is 0 Å². The average Bonchev–Trinajstić information content (AvgIpc) is 3.13. The lowest BCUT2D eigenvalue weighted by molar-refractivity contribution is -0.245. The standard InChI is InChI=1S/C39H45N3O5S/c40-34-12-8-9-13-35(34)42-38(45)15-7-2-1-6-14-37(44)41-25-28-16-22-31(23-17-28)39-46-32(27-48-33-10-4-3-5-11-33)24-36(47-39)30-20-18-29(26-43)19-21-30/h3-5,8-13,16-23,32,36,39,43H,1-2,6-7,14-15,24-27,40H2,(H,41,44)(H,42,45)/t32-,36+,39+/m1/s1. The van der Waals surface area contributed by atoms with Gasteiger partial charge in [-0.1, -0.05) is 91.7 Å². The fraction of sp³-hybridized carbons (Fsp3) is 0.333. The van der Waals surface area contributed by atoms with Gasteiger partial charge in [0.2, 0.25) is 11.8 Å². The largest absolute Gasteiger partial charge is 0.397 e. The molecule has 2 amide bonds. The van der Waals surface area contributed by atoms with Crippen LogP contribution in [0.15, 0.2) is 108 Å². The van der Waals surface area contributed by atoms with Crippen molar-refractivity contribution in [2.75, 3.05) is 16.8 Å². The Labute approximate surface area is 287 Å². The van der Waals surface area contributed by atoms with E-state index >= 15 is 0 Å². The molecule has 48 heavy (non-hydrogen) atoms. The molecule has 5 rings (SSSR count). The van der Waals surface area contributed by atoms with Crippen molar-refractivity contribution in [1.82, 2.24) is 5.32 Å². The molecule has 252 valence electrons. The quantitative estimate of drug-likeness (QED) is 0.0549. The van der Waals surface area contributed by atoms with Gasteiger partial charge < -0.3 is 30.9 Å². The van der Waals surface area contributed by atoms with Crippen molar-refractivity contribution >= 4 is 35.0 Å². The van der Waals surface area contributed by atoms with E-state index in [0.29, 0.717) is 30.8 Å². The normalized spacial score (nSPS) is 17.5. The van der Waals surface area contributed by atoms with E-state index in [2.05, 4.69) is 22.8 Å². The summed E-state index contributed by atoms with van der Waals surface area (Å²) >= 11 is 1.78. The van der Waals surface area contributed by atoms with Crippen molar-refractivity contribution in [2.24, 2.45) is 0 Å². The van der Waals surface area contributed by atoms with Gasteiger partial charge in [0.1, 0.15) is 0 Å². The number of nitrogens with two attached hydrogens (primary N) is 1. The summed E-state index contributed by atoms with van der Waals surface area (Å²) in [6.45, 7) is 0.457. The lowest BCUT2D eigenvalue weighted by atomic mass is 10.0. The van der Waals surface area contributed by atoms with Crippen LogP contribution in [0.5, 0.6) is 0 Å². The second-order valence-electron chi connectivity index (χ2n) is 12.0. The highest BCUT2D eigenvalue weighted by atomic mass is 32.2. The van der Waals surface area contributed by atoms with Crippen LogP contribution in [-0.2, 0) is 32.2 Å². The molecule has 9 heteroatoms. The molecule has 0 unspecified atom stereocenters. The number of anilines is 2. The first-order valence-electron chi connectivity index (χ1n) is 16.6.